The van der Waals surface area contributed by atoms with Crippen LogP contribution in [0.25, 0.3) is 0 Å². The van der Waals surface area contributed by atoms with Gasteiger partial charge in [0, 0.05) is 20.2 Å². The molecule has 2 heterocycles. The van der Waals surface area contributed by atoms with E-state index >= 15 is 0 Å². The number of methoxy groups -OCH3 is 1. The molecule has 2 N–H and O–H groups in total. The number of anilines is 2. The topological polar surface area (TPSA) is 60.6 Å². The van der Waals surface area contributed by atoms with Crippen molar-refractivity contribution in [2.45, 2.75) is 39.2 Å². The molecule has 0 amide bonds. The number of ether oxygens (including phenoxy) is 2. The van der Waals surface area contributed by atoms with Gasteiger partial charge in [0.2, 0.25) is 5.88 Å². The Morgan fingerprint density at radius 3 is 2.86 bits per heavy atom. The fourth-order valence-electron chi connectivity index (χ4n) is 2.55. The Morgan fingerprint density at radius 2 is 2.19 bits per heavy atom. The van der Waals surface area contributed by atoms with Crippen LogP contribution in [0, 0.1) is 5.92 Å². The molecule has 1 aliphatic heterocycles. The molecule has 0 aliphatic carbocycles. The highest BCUT2D eigenvalue weighted by molar-refractivity contribution is 5.54. The fourth-order valence-corrected chi connectivity index (χ4v) is 2.55. The number of nitrogens with two attached hydrogens (primary N) is 1. The third kappa shape index (κ3) is 4.00. The van der Waals surface area contributed by atoms with E-state index in [9.17, 15) is 0 Å². The highest BCUT2D eigenvalue weighted by Crippen LogP contribution is 2.29. The molecule has 1 aromatic heterocycles. The van der Waals surface area contributed by atoms with E-state index in [1.165, 1.54) is 0 Å². The van der Waals surface area contributed by atoms with Crippen molar-refractivity contribution < 1.29 is 9.47 Å². The van der Waals surface area contributed by atoms with Gasteiger partial charge in [0.05, 0.1) is 17.9 Å². The van der Waals surface area contributed by atoms with E-state index in [0.29, 0.717) is 24.1 Å². The lowest BCUT2D eigenvalue weighted by Crippen LogP contribution is -2.47. The van der Waals surface area contributed by atoms with Gasteiger partial charge in [0.15, 0.2) is 0 Å². The molecule has 2 rings (SSSR count). The first-order valence-electron chi connectivity index (χ1n) is 7.63. The smallest absolute Gasteiger partial charge is 0.239 e. The Bertz CT molecular complexity index is 479. The molecule has 0 aromatic carbocycles. The molecule has 5 heteroatoms. The van der Waals surface area contributed by atoms with Crippen LogP contribution < -0.4 is 15.4 Å². The number of nitrogen functional groups attached to an aromatic ring is 1. The van der Waals surface area contributed by atoms with Crippen LogP contribution >= 0.6 is 0 Å². The standard InChI is InChI=1S/C16H27N3O2/c1-12(2)10-21-15-13(17)6-7-14(18-15)19-9-5-8-16(3,11-19)20-4/h6-7,12H,5,8-11,17H2,1-4H3. The van der Waals surface area contributed by atoms with E-state index < -0.39 is 0 Å². The van der Waals surface area contributed by atoms with Crippen LogP contribution in [0.15, 0.2) is 12.1 Å². The number of nitrogens with zero attached hydrogens (tertiary/aromatic N) is 2. The van der Waals surface area contributed by atoms with Crippen molar-refractivity contribution in [2.24, 2.45) is 5.92 Å². The molecule has 0 radical (unpaired) electrons. The van der Waals surface area contributed by atoms with Crippen molar-refractivity contribution in [3.05, 3.63) is 12.1 Å². The maximum absolute atomic E-state index is 5.95. The van der Waals surface area contributed by atoms with Gasteiger partial charge in [-0.3, -0.25) is 0 Å². The highest BCUT2D eigenvalue weighted by Gasteiger charge is 2.31. The predicted octanol–water partition coefficient (Wildman–Crippen LogP) is 2.70. The second kappa shape index (κ2) is 6.52. The van der Waals surface area contributed by atoms with E-state index in [2.05, 4.69) is 30.7 Å². The predicted molar refractivity (Wildman–Crippen MR) is 85.8 cm³/mol. The molecule has 1 aromatic rings. The Kier molecular flexibility index (Phi) is 4.93. The summed E-state index contributed by atoms with van der Waals surface area (Å²) in [6.07, 6.45) is 2.17. The molecule has 1 atom stereocenters. The second-order valence-corrected chi connectivity index (χ2v) is 6.45. The molecule has 1 unspecified atom stereocenters. The number of pyridine rings is 1. The molecule has 0 spiro atoms. The molecule has 1 fully saturated rings. The molecule has 0 bridgehead atoms. The van der Waals surface area contributed by atoms with Crippen molar-refractivity contribution in [1.29, 1.82) is 0 Å². The number of rotatable bonds is 5. The quantitative estimate of drug-likeness (QED) is 0.904. The van der Waals surface area contributed by atoms with Crippen LogP contribution in [-0.2, 0) is 4.74 Å². The molecule has 0 saturated carbocycles. The first kappa shape index (κ1) is 15.9. The minimum absolute atomic E-state index is 0.111. The summed E-state index contributed by atoms with van der Waals surface area (Å²) >= 11 is 0. The minimum atomic E-state index is -0.111. The van der Waals surface area contributed by atoms with Gasteiger partial charge in [-0.15, -0.1) is 0 Å². The zero-order valence-electron chi connectivity index (χ0n) is 13.6. The summed E-state index contributed by atoms with van der Waals surface area (Å²) in [5.41, 5.74) is 6.43. The van der Waals surface area contributed by atoms with Crippen LogP contribution in [0.2, 0.25) is 0 Å². The van der Waals surface area contributed by atoms with E-state index in [1.54, 1.807) is 7.11 Å². The average molecular weight is 293 g/mol. The van der Waals surface area contributed by atoms with E-state index in [0.717, 1.165) is 31.7 Å². The number of hydrogen-bond donors (Lipinski definition) is 1. The lowest BCUT2D eigenvalue weighted by atomic mass is 9.95. The van der Waals surface area contributed by atoms with Gasteiger partial charge in [0.25, 0.3) is 0 Å². The number of hydrogen-bond acceptors (Lipinski definition) is 5. The third-order valence-electron chi connectivity index (χ3n) is 3.90. The Labute approximate surface area is 127 Å². The summed E-state index contributed by atoms with van der Waals surface area (Å²) in [5, 5.41) is 0. The monoisotopic (exact) mass is 293 g/mol. The summed E-state index contributed by atoms with van der Waals surface area (Å²) in [6, 6.07) is 3.83. The van der Waals surface area contributed by atoms with Crippen LogP contribution in [0.1, 0.15) is 33.6 Å². The minimum Gasteiger partial charge on any atom is -0.476 e. The second-order valence-electron chi connectivity index (χ2n) is 6.45. The van der Waals surface area contributed by atoms with Crippen LogP contribution in [0.4, 0.5) is 11.5 Å². The number of aromatic nitrogens is 1. The van der Waals surface area contributed by atoms with Gasteiger partial charge in [0.1, 0.15) is 5.82 Å². The van der Waals surface area contributed by atoms with Gasteiger partial charge < -0.3 is 20.1 Å². The first-order valence-corrected chi connectivity index (χ1v) is 7.63. The van der Waals surface area contributed by atoms with Crippen LogP contribution in [0.3, 0.4) is 0 Å². The summed E-state index contributed by atoms with van der Waals surface area (Å²) in [5.74, 6) is 1.89. The number of piperidine rings is 1. The molecule has 1 aliphatic rings. The van der Waals surface area contributed by atoms with Gasteiger partial charge in [-0.1, -0.05) is 13.8 Å². The van der Waals surface area contributed by atoms with Crippen molar-refractivity contribution in [3.63, 3.8) is 0 Å². The lowest BCUT2D eigenvalue weighted by molar-refractivity contribution is -0.00483. The molecule has 5 nitrogen and oxygen atoms in total. The van der Waals surface area contributed by atoms with Crippen molar-refractivity contribution >= 4 is 11.5 Å². The normalized spacial score (nSPS) is 22.6. The summed E-state index contributed by atoms with van der Waals surface area (Å²) in [6.45, 7) is 8.80. The van der Waals surface area contributed by atoms with Gasteiger partial charge in [-0.05, 0) is 37.8 Å². The van der Waals surface area contributed by atoms with E-state index in [1.807, 2.05) is 12.1 Å². The Morgan fingerprint density at radius 1 is 1.43 bits per heavy atom. The lowest BCUT2D eigenvalue weighted by Gasteiger charge is -2.40. The molecule has 1 saturated heterocycles. The Hall–Kier alpha value is -1.49. The summed E-state index contributed by atoms with van der Waals surface area (Å²) in [4.78, 5) is 6.84. The molecule has 21 heavy (non-hydrogen) atoms. The maximum atomic E-state index is 5.95. The molecule has 118 valence electrons. The zero-order valence-corrected chi connectivity index (χ0v) is 13.6. The van der Waals surface area contributed by atoms with Crippen LogP contribution in [0.5, 0.6) is 5.88 Å². The maximum Gasteiger partial charge on any atom is 0.239 e. The fraction of sp³-hybridized carbons (Fsp3) is 0.688. The first-order chi connectivity index (χ1) is 9.93. The SMILES string of the molecule is COC1(C)CCCN(c2ccc(N)c(OCC(C)C)n2)C1. The molecular weight excluding hydrogens is 266 g/mol. The van der Waals surface area contributed by atoms with Crippen molar-refractivity contribution in [1.82, 2.24) is 4.98 Å². The average Bonchev–Trinajstić information content (AvgIpc) is 2.46. The van der Waals surface area contributed by atoms with Crippen molar-refractivity contribution in [2.75, 3.05) is 37.4 Å². The van der Waals surface area contributed by atoms with Gasteiger partial charge >= 0.3 is 0 Å². The third-order valence-corrected chi connectivity index (χ3v) is 3.90. The Balaban J connectivity index is 2.14. The highest BCUT2D eigenvalue weighted by atomic mass is 16.5. The summed E-state index contributed by atoms with van der Waals surface area (Å²) in [7, 11) is 1.77. The van der Waals surface area contributed by atoms with Crippen LogP contribution in [-0.4, -0.2) is 37.4 Å². The largest absolute Gasteiger partial charge is 0.476 e. The summed E-state index contributed by atoms with van der Waals surface area (Å²) < 4.78 is 11.4. The van der Waals surface area contributed by atoms with Gasteiger partial charge in [-0.25, -0.2) is 0 Å². The van der Waals surface area contributed by atoms with Gasteiger partial charge in [-0.2, -0.15) is 4.98 Å². The van der Waals surface area contributed by atoms with E-state index in [4.69, 9.17) is 15.2 Å². The molecular formula is C16H27N3O2. The van der Waals surface area contributed by atoms with Crippen molar-refractivity contribution in [3.8, 4) is 5.88 Å². The zero-order chi connectivity index (χ0) is 15.5. The van der Waals surface area contributed by atoms with E-state index in [-0.39, 0.29) is 5.60 Å².